The molecule has 1 atom stereocenters. The summed E-state index contributed by atoms with van der Waals surface area (Å²) in [4.78, 5) is 0. The predicted molar refractivity (Wildman–Crippen MR) is 68.7 cm³/mol. The first-order valence-corrected chi connectivity index (χ1v) is 6.06. The first-order valence-electron chi connectivity index (χ1n) is 6.06. The molecule has 0 saturated heterocycles. The van der Waals surface area contributed by atoms with E-state index >= 15 is 0 Å². The van der Waals surface area contributed by atoms with Gasteiger partial charge >= 0.3 is 0 Å². The van der Waals surface area contributed by atoms with Crippen LogP contribution < -0.4 is 5.32 Å². The number of hydrogen-bond acceptors (Lipinski definition) is 2. The van der Waals surface area contributed by atoms with Gasteiger partial charge < -0.3 is 10.1 Å². The lowest BCUT2D eigenvalue weighted by Crippen LogP contribution is -2.16. The highest BCUT2D eigenvalue weighted by atomic mass is 16.5. The zero-order valence-electron chi connectivity index (χ0n) is 10.6. The number of benzene rings is 1. The Morgan fingerprint density at radius 2 is 1.94 bits per heavy atom. The summed E-state index contributed by atoms with van der Waals surface area (Å²) in [7, 11) is 3.77. The summed E-state index contributed by atoms with van der Waals surface area (Å²) >= 11 is 0. The van der Waals surface area contributed by atoms with Crippen molar-refractivity contribution in [1.82, 2.24) is 5.32 Å². The molecule has 0 aromatic heterocycles. The van der Waals surface area contributed by atoms with Gasteiger partial charge in [0.05, 0.1) is 0 Å². The van der Waals surface area contributed by atoms with Gasteiger partial charge in [-0.25, -0.2) is 0 Å². The fourth-order valence-electron chi connectivity index (χ4n) is 1.90. The molecule has 0 aliphatic carbocycles. The number of aryl methyl sites for hydroxylation is 1. The Hall–Kier alpha value is -0.860. The minimum absolute atomic E-state index is 0.445. The summed E-state index contributed by atoms with van der Waals surface area (Å²) in [5.74, 6) is 0. The van der Waals surface area contributed by atoms with Crippen molar-refractivity contribution in [2.45, 2.75) is 32.2 Å². The Kier molecular flexibility index (Phi) is 6.12. The lowest BCUT2D eigenvalue weighted by atomic mass is 10.0. The zero-order valence-corrected chi connectivity index (χ0v) is 10.6. The van der Waals surface area contributed by atoms with Crippen LogP contribution in [0.3, 0.4) is 0 Å². The summed E-state index contributed by atoms with van der Waals surface area (Å²) < 4.78 is 5.08. The van der Waals surface area contributed by atoms with E-state index in [1.807, 2.05) is 7.05 Å². The van der Waals surface area contributed by atoms with E-state index in [2.05, 4.69) is 36.5 Å². The van der Waals surface area contributed by atoms with Gasteiger partial charge in [-0.3, -0.25) is 0 Å². The SMILES string of the molecule is CCc1ccc(C(CCCOC)NC)cc1. The fraction of sp³-hybridized carbons (Fsp3) is 0.571. The maximum Gasteiger partial charge on any atom is 0.0462 e. The molecule has 0 aliphatic rings. The third-order valence-corrected chi connectivity index (χ3v) is 2.98. The van der Waals surface area contributed by atoms with Gasteiger partial charge in [0.2, 0.25) is 0 Å². The average molecular weight is 221 g/mol. The molecule has 2 nitrogen and oxygen atoms in total. The van der Waals surface area contributed by atoms with Crippen molar-refractivity contribution in [1.29, 1.82) is 0 Å². The van der Waals surface area contributed by atoms with Crippen LogP contribution >= 0.6 is 0 Å². The Morgan fingerprint density at radius 1 is 1.25 bits per heavy atom. The summed E-state index contributed by atoms with van der Waals surface area (Å²) in [5, 5.41) is 3.36. The van der Waals surface area contributed by atoms with Crippen LogP contribution in [0.2, 0.25) is 0 Å². The molecule has 0 aliphatic heterocycles. The predicted octanol–water partition coefficient (Wildman–Crippen LogP) is 2.94. The van der Waals surface area contributed by atoms with Gasteiger partial charge in [-0.05, 0) is 37.4 Å². The Balaban J connectivity index is 2.56. The largest absolute Gasteiger partial charge is 0.385 e. The molecule has 0 heterocycles. The molecule has 2 heteroatoms. The van der Waals surface area contributed by atoms with Crippen LogP contribution in [-0.2, 0) is 11.2 Å². The number of hydrogen-bond donors (Lipinski definition) is 1. The first kappa shape index (κ1) is 13.2. The van der Waals surface area contributed by atoms with Crippen LogP contribution in [0.5, 0.6) is 0 Å². The van der Waals surface area contributed by atoms with Crippen molar-refractivity contribution >= 4 is 0 Å². The van der Waals surface area contributed by atoms with Gasteiger partial charge in [0.25, 0.3) is 0 Å². The third kappa shape index (κ3) is 3.95. The van der Waals surface area contributed by atoms with Gasteiger partial charge in [0.1, 0.15) is 0 Å². The second-order valence-corrected chi connectivity index (χ2v) is 4.07. The highest BCUT2D eigenvalue weighted by molar-refractivity contribution is 5.24. The van der Waals surface area contributed by atoms with Crippen LogP contribution in [0.25, 0.3) is 0 Å². The molecule has 1 aromatic rings. The van der Waals surface area contributed by atoms with Crippen molar-refractivity contribution in [3.05, 3.63) is 35.4 Å². The molecule has 1 aromatic carbocycles. The molecule has 0 bridgehead atoms. The van der Waals surface area contributed by atoms with Crippen molar-refractivity contribution in [2.24, 2.45) is 0 Å². The van der Waals surface area contributed by atoms with Gasteiger partial charge in [-0.15, -0.1) is 0 Å². The second-order valence-electron chi connectivity index (χ2n) is 4.07. The molecular formula is C14H23NO. The summed E-state index contributed by atoms with van der Waals surface area (Å²) in [6, 6.07) is 9.34. The maximum absolute atomic E-state index is 5.08. The van der Waals surface area contributed by atoms with Gasteiger partial charge in [-0.2, -0.15) is 0 Å². The van der Waals surface area contributed by atoms with Gasteiger partial charge in [0.15, 0.2) is 0 Å². The maximum atomic E-state index is 5.08. The number of rotatable bonds is 7. The van der Waals surface area contributed by atoms with Crippen molar-refractivity contribution in [3.63, 3.8) is 0 Å². The summed E-state index contributed by atoms with van der Waals surface area (Å²) in [6.07, 6.45) is 3.32. The first-order chi connectivity index (χ1) is 7.81. The Bertz CT molecular complexity index is 281. The standard InChI is InChI=1S/C14H23NO/c1-4-12-7-9-13(10-8-12)14(15-2)6-5-11-16-3/h7-10,14-15H,4-6,11H2,1-3H3. The highest BCUT2D eigenvalue weighted by Gasteiger charge is 2.08. The molecule has 16 heavy (non-hydrogen) atoms. The quantitative estimate of drug-likeness (QED) is 0.715. The van der Waals surface area contributed by atoms with Gasteiger partial charge in [-0.1, -0.05) is 31.2 Å². The van der Waals surface area contributed by atoms with E-state index in [-0.39, 0.29) is 0 Å². The lowest BCUT2D eigenvalue weighted by Gasteiger charge is -2.16. The number of methoxy groups -OCH3 is 1. The van der Waals surface area contributed by atoms with Crippen LogP contribution in [0.15, 0.2) is 24.3 Å². The van der Waals surface area contributed by atoms with E-state index in [0.717, 1.165) is 25.9 Å². The molecule has 90 valence electrons. The second kappa shape index (κ2) is 7.42. The van der Waals surface area contributed by atoms with Crippen molar-refractivity contribution < 1.29 is 4.74 Å². The van der Waals surface area contributed by atoms with Crippen LogP contribution in [0.1, 0.15) is 36.9 Å². The third-order valence-electron chi connectivity index (χ3n) is 2.98. The number of ether oxygens (including phenoxy) is 1. The molecule has 0 fully saturated rings. The topological polar surface area (TPSA) is 21.3 Å². The van der Waals surface area contributed by atoms with E-state index in [1.165, 1.54) is 11.1 Å². The molecule has 1 rings (SSSR count). The van der Waals surface area contributed by atoms with E-state index in [1.54, 1.807) is 7.11 Å². The van der Waals surface area contributed by atoms with Crippen molar-refractivity contribution in [2.75, 3.05) is 20.8 Å². The minimum Gasteiger partial charge on any atom is -0.385 e. The fourth-order valence-corrected chi connectivity index (χ4v) is 1.90. The number of nitrogens with one attached hydrogen (secondary N) is 1. The zero-order chi connectivity index (χ0) is 11.8. The van der Waals surface area contributed by atoms with Crippen LogP contribution in [0.4, 0.5) is 0 Å². The minimum atomic E-state index is 0.445. The normalized spacial score (nSPS) is 12.7. The smallest absolute Gasteiger partial charge is 0.0462 e. The molecule has 0 amide bonds. The Morgan fingerprint density at radius 3 is 2.44 bits per heavy atom. The van der Waals surface area contributed by atoms with E-state index < -0.39 is 0 Å². The molecule has 0 spiro atoms. The van der Waals surface area contributed by atoms with Gasteiger partial charge in [0, 0.05) is 19.8 Å². The summed E-state index contributed by atoms with van der Waals surface area (Å²) in [5.41, 5.74) is 2.77. The molecule has 1 unspecified atom stereocenters. The monoisotopic (exact) mass is 221 g/mol. The van der Waals surface area contributed by atoms with Crippen LogP contribution in [-0.4, -0.2) is 20.8 Å². The molecule has 0 saturated carbocycles. The molecule has 1 N–H and O–H groups in total. The van der Waals surface area contributed by atoms with Crippen molar-refractivity contribution in [3.8, 4) is 0 Å². The summed E-state index contributed by atoms with van der Waals surface area (Å²) in [6.45, 7) is 3.02. The molecule has 0 radical (unpaired) electrons. The highest BCUT2D eigenvalue weighted by Crippen LogP contribution is 2.18. The Labute approximate surface area is 99.0 Å². The van der Waals surface area contributed by atoms with E-state index in [9.17, 15) is 0 Å². The van der Waals surface area contributed by atoms with E-state index in [0.29, 0.717) is 6.04 Å². The lowest BCUT2D eigenvalue weighted by molar-refractivity contribution is 0.189. The molecular weight excluding hydrogens is 198 g/mol. The van der Waals surface area contributed by atoms with Crippen LogP contribution in [0, 0.1) is 0 Å². The van der Waals surface area contributed by atoms with E-state index in [4.69, 9.17) is 4.74 Å². The average Bonchev–Trinajstić information content (AvgIpc) is 2.35.